The molecule has 0 aromatic carbocycles. The number of hydrogen-bond donors (Lipinski definition) is 2. The van der Waals surface area contributed by atoms with E-state index in [1.165, 1.54) is 19.3 Å². The van der Waals surface area contributed by atoms with Crippen molar-refractivity contribution < 1.29 is 5.11 Å². The Morgan fingerprint density at radius 2 is 2.04 bits per heavy atom. The Morgan fingerprint density at radius 3 is 2.78 bits per heavy atom. The highest BCUT2D eigenvalue weighted by Crippen LogP contribution is 2.18. The lowest BCUT2D eigenvalue weighted by Gasteiger charge is -2.28. The van der Waals surface area contributed by atoms with Crippen molar-refractivity contribution in [3.8, 4) is 0 Å². The van der Waals surface area contributed by atoms with Crippen LogP contribution >= 0.6 is 0 Å². The smallest absolute Gasteiger partial charge is 0.157 e. The molecular weight excluding hydrogens is 290 g/mol. The highest BCUT2D eigenvalue weighted by Gasteiger charge is 2.15. The molecule has 2 aromatic rings. The molecule has 6 nitrogen and oxygen atoms in total. The molecule has 0 spiro atoms. The van der Waals surface area contributed by atoms with Crippen molar-refractivity contribution in [2.75, 3.05) is 31.5 Å². The number of nitrogens with one attached hydrogen (secondary N) is 1. The van der Waals surface area contributed by atoms with Gasteiger partial charge in [-0.3, -0.25) is 0 Å². The number of rotatable bonds is 6. The molecule has 2 N–H and O–H groups in total. The summed E-state index contributed by atoms with van der Waals surface area (Å²) in [6, 6.07) is 3.93. The minimum Gasteiger partial charge on any atom is -0.390 e. The lowest BCUT2D eigenvalue weighted by molar-refractivity contribution is 0.109. The summed E-state index contributed by atoms with van der Waals surface area (Å²) in [5.74, 6) is 1.25. The highest BCUT2D eigenvalue weighted by molar-refractivity contribution is 5.49. The van der Waals surface area contributed by atoms with Crippen LogP contribution in [0.5, 0.6) is 0 Å². The fraction of sp³-hybridized carbons (Fsp3) is 0.647. The number of piperidine rings is 1. The third-order valence-corrected chi connectivity index (χ3v) is 4.41. The van der Waals surface area contributed by atoms with Crippen LogP contribution in [0.2, 0.25) is 0 Å². The Hall–Kier alpha value is -1.66. The summed E-state index contributed by atoms with van der Waals surface area (Å²) in [6.45, 7) is 7.72. The molecule has 0 saturated carbocycles. The molecule has 0 amide bonds. The molecule has 3 rings (SSSR count). The minimum atomic E-state index is -0.380. The van der Waals surface area contributed by atoms with Crippen LogP contribution in [0.1, 0.15) is 44.7 Å². The van der Waals surface area contributed by atoms with Gasteiger partial charge in [-0.15, -0.1) is 0 Å². The van der Waals surface area contributed by atoms with Crippen molar-refractivity contribution >= 4 is 11.5 Å². The van der Waals surface area contributed by atoms with Gasteiger partial charge < -0.3 is 15.3 Å². The van der Waals surface area contributed by atoms with Crippen LogP contribution in [0, 0.1) is 0 Å². The van der Waals surface area contributed by atoms with E-state index < -0.39 is 0 Å². The number of fused-ring (bicyclic) bond motifs is 1. The van der Waals surface area contributed by atoms with Crippen molar-refractivity contribution in [2.45, 2.75) is 45.1 Å². The second-order valence-electron chi connectivity index (χ2n) is 6.72. The molecule has 0 aliphatic carbocycles. The molecule has 1 saturated heterocycles. The van der Waals surface area contributed by atoms with Crippen LogP contribution < -0.4 is 5.32 Å². The predicted molar refractivity (Wildman–Crippen MR) is 91.9 cm³/mol. The quantitative estimate of drug-likeness (QED) is 0.854. The fourth-order valence-corrected chi connectivity index (χ4v) is 3.08. The topological polar surface area (TPSA) is 65.7 Å². The van der Waals surface area contributed by atoms with E-state index in [1.54, 1.807) is 10.7 Å². The van der Waals surface area contributed by atoms with E-state index in [4.69, 9.17) is 0 Å². The van der Waals surface area contributed by atoms with Gasteiger partial charge >= 0.3 is 0 Å². The second-order valence-corrected chi connectivity index (χ2v) is 6.72. The molecule has 3 heterocycles. The van der Waals surface area contributed by atoms with E-state index in [2.05, 4.69) is 34.1 Å². The maximum absolute atomic E-state index is 10.3. The van der Waals surface area contributed by atoms with Crippen molar-refractivity contribution in [3.05, 3.63) is 24.0 Å². The lowest BCUT2D eigenvalue weighted by atomic mass is 10.1. The van der Waals surface area contributed by atoms with Crippen LogP contribution in [0.3, 0.4) is 0 Å². The van der Waals surface area contributed by atoms with Gasteiger partial charge in [-0.2, -0.15) is 9.61 Å². The molecule has 23 heavy (non-hydrogen) atoms. The average Bonchev–Trinajstić information content (AvgIpc) is 3.02. The summed E-state index contributed by atoms with van der Waals surface area (Å²) < 4.78 is 1.79. The van der Waals surface area contributed by atoms with Crippen LogP contribution in [-0.2, 0) is 0 Å². The van der Waals surface area contributed by atoms with E-state index in [0.717, 1.165) is 36.8 Å². The molecule has 1 aliphatic rings. The number of hydrogen-bond acceptors (Lipinski definition) is 5. The minimum absolute atomic E-state index is 0.355. The Kier molecular flexibility index (Phi) is 5.13. The molecule has 0 radical (unpaired) electrons. The Labute approximate surface area is 137 Å². The van der Waals surface area contributed by atoms with Gasteiger partial charge in [-0.05, 0) is 31.8 Å². The van der Waals surface area contributed by atoms with E-state index in [0.29, 0.717) is 12.5 Å². The van der Waals surface area contributed by atoms with E-state index in [9.17, 15) is 5.11 Å². The van der Waals surface area contributed by atoms with Crippen molar-refractivity contribution in [1.29, 1.82) is 0 Å². The maximum atomic E-state index is 10.3. The van der Waals surface area contributed by atoms with Gasteiger partial charge in [0.25, 0.3) is 0 Å². The number of likely N-dealkylation sites (tertiary alicyclic amines) is 1. The zero-order valence-electron chi connectivity index (χ0n) is 14.1. The van der Waals surface area contributed by atoms with E-state index >= 15 is 0 Å². The van der Waals surface area contributed by atoms with Crippen LogP contribution in [0.15, 0.2) is 18.3 Å². The van der Waals surface area contributed by atoms with E-state index in [1.807, 2.05) is 12.1 Å². The summed E-state index contributed by atoms with van der Waals surface area (Å²) in [5.41, 5.74) is 1.87. The van der Waals surface area contributed by atoms with Crippen molar-refractivity contribution in [2.24, 2.45) is 0 Å². The van der Waals surface area contributed by atoms with Crippen molar-refractivity contribution in [3.63, 3.8) is 0 Å². The zero-order valence-corrected chi connectivity index (χ0v) is 14.1. The molecule has 126 valence electrons. The molecule has 1 aliphatic heterocycles. The molecule has 0 unspecified atom stereocenters. The van der Waals surface area contributed by atoms with Crippen LogP contribution in [0.4, 0.5) is 5.82 Å². The normalized spacial score (nSPS) is 17.7. The third-order valence-electron chi connectivity index (χ3n) is 4.41. The third kappa shape index (κ3) is 4.00. The summed E-state index contributed by atoms with van der Waals surface area (Å²) in [7, 11) is 0. The molecule has 1 fully saturated rings. The number of aliphatic hydroxyl groups excluding tert-OH is 1. The van der Waals surface area contributed by atoms with E-state index in [-0.39, 0.29) is 6.10 Å². The summed E-state index contributed by atoms with van der Waals surface area (Å²) in [6.07, 6.45) is 5.18. The molecule has 2 aromatic heterocycles. The number of nitrogens with zero attached hydrogens (tertiary/aromatic N) is 4. The first-order valence-corrected chi connectivity index (χ1v) is 8.62. The van der Waals surface area contributed by atoms with Gasteiger partial charge in [-0.25, -0.2) is 4.98 Å². The van der Waals surface area contributed by atoms with Crippen LogP contribution in [0.25, 0.3) is 5.65 Å². The predicted octanol–water partition coefficient (Wildman–Crippen LogP) is 2.11. The second kappa shape index (κ2) is 7.27. The van der Waals surface area contributed by atoms with Gasteiger partial charge in [0.1, 0.15) is 5.82 Å². The Balaban J connectivity index is 1.64. The SMILES string of the molecule is CC(C)c1cc(NC[C@@H](O)CN2CCCCC2)n2nccc2n1. The lowest BCUT2D eigenvalue weighted by Crippen LogP contribution is -2.39. The monoisotopic (exact) mass is 317 g/mol. The molecule has 0 bridgehead atoms. The van der Waals surface area contributed by atoms with Gasteiger partial charge in [0.05, 0.1) is 12.3 Å². The fourth-order valence-electron chi connectivity index (χ4n) is 3.08. The molecular formula is C17H27N5O. The summed E-state index contributed by atoms with van der Waals surface area (Å²) in [4.78, 5) is 6.96. The number of anilines is 1. The molecule has 6 heteroatoms. The largest absolute Gasteiger partial charge is 0.390 e. The zero-order chi connectivity index (χ0) is 16.2. The highest BCUT2D eigenvalue weighted by atomic mass is 16.3. The first-order valence-electron chi connectivity index (χ1n) is 8.62. The number of aliphatic hydroxyl groups is 1. The summed E-state index contributed by atoms with van der Waals surface area (Å²) in [5, 5.41) is 18.0. The van der Waals surface area contributed by atoms with Crippen molar-refractivity contribution in [1.82, 2.24) is 19.5 Å². The van der Waals surface area contributed by atoms with Gasteiger partial charge in [0.2, 0.25) is 0 Å². The number of aromatic nitrogens is 3. The average molecular weight is 317 g/mol. The first kappa shape index (κ1) is 16.2. The molecule has 1 atom stereocenters. The Bertz CT molecular complexity index is 633. The van der Waals surface area contributed by atoms with Gasteiger partial charge in [0, 0.05) is 30.9 Å². The number of β-amino-alcohol motifs (C(OH)–C–C–N with tert-alkyl or cyclic N) is 1. The first-order chi connectivity index (χ1) is 11.1. The maximum Gasteiger partial charge on any atom is 0.157 e. The van der Waals surface area contributed by atoms with Gasteiger partial charge in [-0.1, -0.05) is 20.3 Å². The van der Waals surface area contributed by atoms with Gasteiger partial charge in [0.15, 0.2) is 5.65 Å². The van der Waals surface area contributed by atoms with Crippen LogP contribution in [-0.4, -0.2) is 56.9 Å². The summed E-state index contributed by atoms with van der Waals surface area (Å²) >= 11 is 0. The standard InChI is InChI=1S/C17H27N5O/c1-13(2)15-10-17(22-16(20-15)6-7-19-22)18-11-14(23)12-21-8-4-3-5-9-21/h6-7,10,13-14,18,23H,3-5,8-9,11-12H2,1-2H3/t14-/m1/s1. The Morgan fingerprint density at radius 1 is 1.26 bits per heavy atom.